The fraction of sp³-hybridized carbons (Fsp3) is 0.562. The Hall–Kier alpha value is -1.06. The number of ether oxygens (including phenoxy) is 1. The Morgan fingerprint density at radius 3 is 2.65 bits per heavy atom. The molecule has 2 atom stereocenters. The van der Waals surface area contributed by atoms with Crippen LogP contribution in [0.5, 0.6) is 0 Å². The van der Waals surface area contributed by atoms with Crippen molar-refractivity contribution < 1.29 is 9.53 Å². The van der Waals surface area contributed by atoms with Gasteiger partial charge < -0.3 is 10.1 Å². The standard InChI is InChI=1S/C16H22ClNO2/c1-10-7-11(5-6-14(10)17)12-8-18-9-13(12)15(19)20-16(2,3)4/h5-7,12-13,18H,8-9H2,1-4H3/t12-,13+/m0/s1. The Kier molecular flexibility index (Phi) is 4.40. The van der Waals surface area contributed by atoms with Gasteiger partial charge in [-0.1, -0.05) is 23.7 Å². The third kappa shape index (κ3) is 3.53. The van der Waals surface area contributed by atoms with Crippen molar-refractivity contribution in [3.05, 3.63) is 34.3 Å². The van der Waals surface area contributed by atoms with Crippen LogP contribution < -0.4 is 5.32 Å². The van der Waals surface area contributed by atoms with E-state index in [9.17, 15) is 4.79 Å². The number of rotatable bonds is 2. The molecule has 0 aromatic heterocycles. The maximum atomic E-state index is 12.3. The van der Waals surface area contributed by atoms with E-state index >= 15 is 0 Å². The van der Waals surface area contributed by atoms with Gasteiger partial charge in [0.25, 0.3) is 0 Å². The summed E-state index contributed by atoms with van der Waals surface area (Å²) in [4.78, 5) is 12.3. The van der Waals surface area contributed by atoms with Crippen LogP contribution in [-0.4, -0.2) is 24.7 Å². The monoisotopic (exact) mass is 295 g/mol. The summed E-state index contributed by atoms with van der Waals surface area (Å²) in [6.07, 6.45) is 0. The van der Waals surface area contributed by atoms with Gasteiger partial charge in [0.15, 0.2) is 0 Å². The fourth-order valence-electron chi connectivity index (χ4n) is 2.55. The minimum atomic E-state index is -0.444. The molecular weight excluding hydrogens is 274 g/mol. The number of benzene rings is 1. The third-order valence-electron chi connectivity index (χ3n) is 3.53. The first-order chi connectivity index (χ1) is 9.28. The zero-order valence-corrected chi connectivity index (χ0v) is 13.3. The largest absolute Gasteiger partial charge is 0.460 e. The van der Waals surface area contributed by atoms with Gasteiger partial charge in [-0.25, -0.2) is 0 Å². The Bertz CT molecular complexity index is 508. The molecule has 2 rings (SSSR count). The van der Waals surface area contributed by atoms with Crippen LogP contribution in [-0.2, 0) is 9.53 Å². The average Bonchev–Trinajstić information content (AvgIpc) is 2.79. The maximum Gasteiger partial charge on any atom is 0.311 e. The van der Waals surface area contributed by atoms with Gasteiger partial charge in [-0.3, -0.25) is 4.79 Å². The fourth-order valence-corrected chi connectivity index (χ4v) is 2.67. The van der Waals surface area contributed by atoms with Crippen molar-refractivity contribution in [3.63, 3.8) is 0 Å². The van der Waals surface area contributed by atoms with Crippen molar-refractivity contribution in [2.24, 2.45) is 5.92 Å². The summed E-state index contributed by atoms with van der Waals surface area (Å²) in [5, 5.41) is 4.05. The summed E-state index contributed by atoms with van der Waals surface area (Å²) < 4.78 is 5.52. The molecule has 1 fully saturated rings. The van der Waals surface area contributed by atoms with Gasteiger partial charge in [0.1, 0.15) is 5.60 Å². The highest BCUT2D eigenvalue weighted by Crippen LogP contribution is 2.32. The molecule has 0 aliphatic carbocycles. The van der Waals surface area contributed by atoms with Crippen molar-refractivity contribution >= 4 is 17.6 Å². The normalized spacial score (nSPS) is 22.9. The van der Waals surface area contributed by atoms with Gasteiger partial charge in [-0.2, -0.15) is 0 Å². The van der Waals surface area contributed by atoms with Gasteiger partial charge in [0.2, 0.25) is 0 Å². The van der Waals surface area contributed by atoms with Gasteiger partial charge in [0.05, 0.1) is 5.92 Å². The average molecular weight is 296 g/mol. The van der Waals surface area contributed by atoms with Crippen LogP contribution in [0.3, 0.4) is 0 Å². The number of aryl methyl sites for hydroxylation is 1. The first-order valence-corrected chi connectivity index (χ1v) is 7.35. The second kappa shape index (κ2) is 5.74. The number of nitrogens with one attached hydrogen (secondary N) is 1. The lowest BCUT2D eigenvalue weighted by Gasteiger charge is -2.24. The second-order valence-electron chi connectivity index (χ2n) is 6.41. The van der Waals surface area contributed by atoms with Crippen LogP contribution in [0.1, 0.15) is 37.8 Å². The van der Waals surface area contributed by atoms with E-state index in [1.54, 1.807) is 0 Å². The first kappa shape index (κ1) is 15.3. The van der Waals surface area contributed by atoms with E-state index in [4.69, 9.17) is 16.3 Å². The molecule has 1 aliphatic heterocycles. The number of hydrogen-bond acceptors (Lipinski definition) is 3. The van der Waals surface area contributed by atoms with Crippen molar-refractivity contribution in [2.75, 3.05) is 13.1 Å². The number of carbonyl (C=O) groups is 1. The molecule has 1 saturated heterocycles. The summed E-state index contributed by atoms with van der Waals surface area (Å²) in [5.74, 6) is -0.101. The van der Waals surface area contributed by atoms with Crippen LogP contribution >= 0.6 is 11.6 Å². The van der Waals surface area contributed by atoms with Crippen LogP contribution in [0.25, 0.3) is 0 Å². The topological polar surface area (TPSA) is 38.3 Å². The first-order valence-electron chi connectivity index (χ1n) is 6.97. The molecule has 1 aromatic rings. The number of halogens is 1. The van der Waals surface area contributed by atoms with Crippen LogP contribution in [0.2, 0.25) is 5.02 Å². The lowest BCUT2D eigenvalue weighted by molar-refractivity contribution is -0.159. The molecule has 0 bridgehead atoms. The number of hydrogen-bond donors (Lipinski definition) is 1. The number of carbonyl (C=O) groups excluding carboxylic acids is 1. The van der Waals surface area contributed by atoms with E-state index in [0.717, 1.165) is 22.7 Å². The smallest absolute Gasteiger partial charge is 0.311 e. The highest BCUT2D eigenvalue weighted by atomic mass is 35.5. The van der Waals surface area contributed by atoms with Crippen LogP contribution in [0.4, 0.5) is 0 Å². The molecule has 0 amide bonds. The van der Waals surface area contributed by atoms with Crippen molar-refractivity contribution in [1.82, 2.24) is 5.32 Å². The maximum absolute atomic E-state index is 12.3. The van der Waals surface area contributed by atoms with Crippen molar-refractivity contribution in [3.8, 4) is 0 Å². The summed E-state index contributed by atoms with van der Waals surface area (Å²) in [5.41, 5.74) is 1.74. The SMILES string of the molecule is Cc1cc([C@@H]2CNC[C@H]2C(=O)OC(C)(C)C)ccc1Cl. The van der Waals surface area contributed by atoms with Crippen molar-refractivity contribution in [1.29, 1.82) is 0 Å². The molecule has 3 nitrogen and oxygen atoms in total. The quantitative estimate of drug-likeness (QED) is 0.851. The minimum absolute atomic E-state index is 0.125. The highest BCUT2D eigenvalue weighted by molar-refractivity contribution is 6.31. The van der Waals surface area contributed by atoms with E-state index in [0.29, 0.717) is 6.54 Å². The molecule has 0 saturated carbocycles. The molecular formula is C16H22ClNO2. The van der Waals surface area contributed by atoms with Gasteiger partial charge in [0, 0.05) is 24.0 Å². The zero-order valence-electron chi connectivity index (χ0n) is 12.5. The highest BCUT2D eigenvalue weighted by Gasteiger charge is 2.36. The zero-order chi connectivity index (χ0) is 14.9. The lowest BCUT2D eigenvalue weighted by Crippen LogP contribution is -2.31. The molecule has 1 N–H and O–H groups in total. The predicted octanol–water partition coefficient (Wildman–Crippen LogP) is 3.29. The Labute approximate surface area is 125 Å². The molecule has 20 heavy (non-hydrogen) atoms. The molecule has 1 aliphatic rings. The predicted molar refractivity (Wildman–Crippen MR) is 81.1 cm³/mol. The Morgan fingerprint density at radius 2 is 2.05 bits per heavy atom. The van der Waals surface area contributed by atoms with E-state index < -0.39 is 5.60 Å². The van der Waals surface area contributed by atoms with E-state index in [1.165, 1.54) is 0 Å². The summed E-state index contributed by atoms with van der Waals surface area (Å²) in [7, 11) is 0. The molecule has 4 heteroatoms. The van der Waals surface area contributed by atoms with E-state index in [1.807, 2.05) is 39.8 Å². The lowest BCUT2D eigenvalue weighted by atomic mass is 9.88. The molecule has 1 aromatic carbocycles. The van der Waals surface area contributed by atoms with Crippen molar-refractivity contribution in [2.45, 2.75) is 39.2 Å². The third-order valence-corrected chi connectivity index (χ3v) is 3.96. The van der Waals surface area contributed by atoms with Gasteiger partial charge in [-0.05, 0) is 44.9 Å². The Morgan fingerprint density at radius 1 is 1.35 bits per heavy atom. The van der Waals surface area contributed by atoms with Gasteiger partial charge in [-0.15, -0.1) is 0 Å². The van der Waals surface area contributed by atoms with Crippen LogP contribution in [0.15, 0.2) is 18.2 Å². The van der Waals surface area contributed by atoms with Crippen LogP contribution in [0, 0.1) is 12.8 Å². The summed E-state index contributed by atoms with van der Waals surface area (Å²) in [6, 6.07) is 5.97. The second-order valence-corrected chi connectivity index (χ2v) is 6.82. The summed E-state index contributed by atoms with van der Waals surface area (Å²) in [6.45, 7) is 9.14. The number of esters is 1. The Balaban J connectivity index is 2.18. The van der Waals surface area contributed by atoms with E-state index in [2.05, 4.69) is 11.4 Å². The molecule has 0 spiro atoms. The minimum Gasteiger partial charge on any atom is -0.460 e. The molecule has 1 heterocycles. The van der Waals surface area contributed by atoms with E-state index in [-0.39, 0.29) is 17.8 Å². The summed E-state index contributed by atoms with van der Waals surface area (Å²) >= 11 is 6.07. The molecule has 0 unspecified atom stereocenters. The molecule has 110 valence electrons. The molecule has 0 radical (unpaired) electrons. The van der Waals surface area contributed by atoms with Gasteiger partial charge >= 0.3 is 5.97 Å².